The summed E-state index contributed by atoms with van der Waals surface area (Å²) in [4.78, 5) is 10.9. The summed E-state index contributed by atoms with van der Waals surface area (Å²) < 4.78 is 0. The first kappa shape index (κ1) is 9.47. The molecule has 59 valence electrons. The predicted molar refractivity (Wildman–Crippen MR) is 42.4 cm³/mol. The van der Waals surface area contributed by atoms with E-state index in [-0.39, 0.29) is 11.8 Å². The zero-order chi connectivity index (χ0) is 8.15. The standard InChI is InChI=1S/C8H16NO/c1-6(2)5-9-8(10)7(3)4/h6-7H,1,5H2,2-4H3,(H,9,10). The molecule has 0 aliphatic carbocycles. The van der Waals surface area contributed by atoms with Gasteiger partial charge in [0.2, 0.25) is 5.91 Å². The Labute approximate surface area is 63.0 Å². The molecule has 0 saturated heterocycles. The van der Waals surface area contributed by atoms with Gasteiger partial charge in [-0.05, 0) is 12.8 Å². The Morgan fingerprint density at radius 2 is 2.00 bits per heavy atom. The van der Waals surface area contributed by atoms with E-state index in [1.54, 1.807) is 0 Å². The molecular formula is C8H16NO. The minimum absolute atomic E-state index is 0.0822. The molecule has 0 fully saturated rings. The van der Waals surface area contributed by atoms with Crippen LogP contribution in [0.3, 0.4) is 0 Å². The minimum atomic E-state index is 0.0822. The van der Waals surface area contributed by atoms with Crippen molar-refractivity contribution < 1.29 is 4.79 Å². The highest BCUT2D eigenvalue weighted by Crippen LogP contribution is 1.92. The summed E-state index contributed by atoms with van der Waals surface area (Å²) in [5.74, 6) is 0.483. The number of carbonyl (C=O) groups is 1. The molecule has 2 heteroatoms. The summed E-state index contributed by atoms with van der Waals surface area (Å²) in [5.41, 5.74) is 0. The molecular weight excluding hydrogens is 126 g/mol. The van der Waals surface area contributed by atoms with Gasteiger partial charge in [0, 0.05) is 12.5 Å². The van der Waals surface area contributed by atoms with Crippen molar-refractivity contribution in [1.82, 2.24) is 5.32 Å². The monoisotopic (exact) mass is 142 g/mol. The second kappa shape index (κ2) is 4.31. The van der Waals surface area contributed by atoms with Crippen LogP contribution in [-0.2, 0) is 4.79 Å². The largest absolute Gasteiger partial charge is 0.356 e. The van der Waals surface area contributed by atoms with Gasteiger partial charge in [-0.3, -0.25) is 4.79 Å². The Hall–Kier alpha value is -0.530. The zero-order valence-electron chi connectivity index (χ0n) is 6.98. The highest BCUT2D eigenvalue weighted by atomic mass is 16.1. The van der Waals surface area contributed by atoms with Gasteiger partial charge in [0.25, 0.3) is 0 Å². The molecule has 1 atom stereocenters. The van der Waals surface area contributed by atoms with E-state index >= 15 is 0 Å². The predicted octanol–water partition coefficient (Wildman–Crippen LogP) is 1.23. The van der Waals surface area contributed by atoms with E-state index in [0.717, 1.165) is 0 Å². The van der Waals surface area contributed by atoms with Gasteiger partial charge in [0.15, 0.2) is 0 Å². The summed E-state index contributed by atoms with van der Waals surface area (Å²) in [6, 6.07) is 0. The molecule has 1 amide bonds. The molecule has 0 aromatic carbocycles. The van der Waals surface area contributed by atoms with E-state index in [1.807, 2.05) is 20.8 Å². The summed E-state index contributed by atoms with van der Waals surface area (Å²) in [7, 11) is 0. The van der Waals surface area contributed by atoms with Crippen molar-refractivity contribution in [2.75, 3.05) is 6.54 Å². The Morgan fingerprint density at radius 3 is 2.30 bits per heavy atom. The number of nitrogens with one attached hydrogen (secondary N) is 1. The Kier molecular flexibility index (Phi) is 4.08. The fourth-order valence-corrected chi connectivity index (χ4v) is 0.479. The normalized spacial score (nSPS) is 10.6. The summed E-state index contributed by atoms with van der Waals surface area (Å²) in [6.45, 7) is 10.2. The molecule has 0 aromatic rings. The lowest BCUT2D eigenvalue weighted by atomic mass is 10.2. The van der Waals surface area contributed by atoms with Crippen LogP contribution in [-0.4, -0.2) is 12.5 Å². The van der Waals surface area contributed by atoms with Crippen molar-refractivity contribution >= 4 is 5.91 Å². The number of rotatable bonds is 3. The van der Waals surface area contributed by atoms with Gasteiger partial charge in [0.05, 0.1) is 0 Å². The van der Waals surface area contributed by atoms with E-state index in [2.05, 4.69) is 12.2 Å². The topological polar surface area (TPSA) is 29.1 Å². The second-order valence-corrected chi connectivity index (χ2v) is 3.01. The minimum Gasteiger partial charge on any atom is -0.356 e. The lowest BCUT2D eigenvalue weighted by Crippen LogP contribution is -2.30. The molecule has 1 unspecified atom stereocenters. The van der Waals surface area contributed by atoms with Gasteiger partial charge in [0.1, 0.15) is 0 Å². The Morgan fingerprint density at radius 1 is 1.50 bits per heavy atom. The SMILES string of the molecule is [CH2]C(C)CNC(=O)C(C)C. The van der Waals surface area contributed by atoms with Gasteiger partial charge >= 0.3 is 0 Å². The van der Waals surface area contributed by atoms with E-state index in [0.29, 0.717) is 12.5 Å². The quantitative estimate of drug-likeness (QED) is 0.631. The van der Waals surface area contributed by atoms with Crippen LogP contribution in [0.4, 0.5) is 0 Å². The van der Waals surface area contributed by atoms with Crippen LogP contribution >= 0.6 is 0 Å². The molecule has 0 aliphatic rings. The van der Waals surface area contributed by atoms with Crippen LogP contribution < -0.4 is 5.32 Å². The van der Waals surface area contributed by atoms with Crippen molar-refractivity contribution in [3.8, 4) is 0 Å². The summed E-state index contributed by atoms with van der Waals surface area (Å²) >= 11 is 0. The first-order chi connectivity index (χ1) is 4.54. The lowest BCUT2D eigenvalue weighted by molar-refractivity contribution is -0.124. The molecule has 2 nitrogen and oxygen atoms in total. The van der Waals surface area contributed by atoms with E-state index in [4.69, 9.17) is 0 Å². The maximum absolute atomic E-state index is 10.9. The van der Waals surface area contributed by atoms with Crippen LogP contribution in [0.5, 0.6) is 0 Å². The van der Waals surface area contributed by atoms with Crippen molar-refractivity contribution in [3.63, 3.8) is 0 Å². The Bertz CT molecular complexity index is 108. The van der Waals surface area contributed by atoms with Crippen LogP contribution in [0.1, 0.15) is 20.8 Å². The van der Waals surface area contributed by atoms with Crippen molar-refractivity contribution in [3.05, 3.63) is 6.92 Å². The average molecular weight is 142 g/mol. The number of hydrogen-bond acceptors (Lipinski definition) is 1. The smallest absolute Gasteiger partial charge is 0.222 e. The van der Waals surface area contributed by atoms with Gasteiger partial charge in [-0.2, -0.15) is 0 Å². The highest BCUT2D eigenvalue weighted by molar-refractivity contribution is 5.77. The van der Waals surface area contributed by atoms with Crippen LogP contribution in [0, 0.1) is 18.8 Å². The molecule has 1 radical (unpaired) electrons. The second-order valence-electron chi connectivity index (χ2n) is 3.01. The lowest BCUT2D eigenvalue weighted by Gasteiger charge is -2.08. The summed E-state index contributed by atoms with van der Waals surface area (Å²) in [6.07, 6.45) is 0. The van der Waals surface area contributed by atoms with Crippen molar-refractivity contribution in [2.24, 2.45) is 11.8 Å². The van der Waals surface area contributed by atoms with Gasteiger partial charge in [-0.25, -0.2) is 0 Å². The van der Waals surface area contributed by atoms with Crippen LogP contribution in [0.15, 0.2) is 0 Å². The van der Waals surface area contributed by atoms with Crippen LogP contribution in [0.25, 0.3) is 0 Å². The van der Waals surface area contributed by atoms with E-state index < -0.39 is 0 Å². The molecule has 10 heavy (non-hydrogen) atoms. The van der Waals surface area contributed by atoms with Crippen LogP contribution in [0.2, 0.25) is 0 Å². The third kappa shape index (κ3) is 4.36. The molecule has 0 rings (SSSR count). The van der Waals surface area contributed by atoms with Crippen molar-refractivity contribution in [2.45, 2.75) is 20.8 Å². The third-order valence-electron chi connectivity index (χ3n) is 1.15. The molecule has 0 aliphatic heterocycles. The fraction of sp³-hybridized carbons (Fsp3) is 0.750. The van der Waals surface area contributed by atoms with E-state index in [9.17, 15) is 4.79 Å². The summed E-state index contributed by atoms with van der Waals surface area (Å²) in [5, 5.41) is 2.78. The number of amides is 1. The first-order valence-corrected chi connectivity index (χ1v) is 3.64. The average Bonchev–Trinajstić information content (AvgIpc) is 1.82. The zero-order valence-corrected chi connectivity index (χ0v) is 6.98. The van der Waals surface area contributed by atoms with Gasteiger partial charge < -0.3 is 5.32 Å². The van der Waals surface area contributed by atoms with Gasteiger partial charge in [-0.15, -0.1) is 0 Å². The number of hydrogen-bond donors (Lipinski definition) is 1. The van der Waals surface area contributed by atoms with Crippen molar-refractivity contribution in [1.29, 1.82) is 0 Å². The molecule has 0 heterocycles. The molecule has 0 bridgehead atoms. The Balaban J connectivity index is 3.40. The maximum atomic E-state index is 10.9. The van der Waals surface area contributed by atoms with Gasteiger partial charge in [-0.1, -0.05) is 20.8 Å². The molecule has 1 N–H and O–H groups in total. The molecule has 0 spiro atoms. The fourth-order valence-electron chi connectivity index (χ4n) is 0.479. The molecule has 0 saturated carbocycles. The maximum Gasteiger partial charge on any atom is 0.222 e. The number of carbonyl (C=O) groups excluding carboxylic acids is 1. The first-order valence-electron chi connectivity index (χ1n) is 3.64. The highest BCUT2D eigenvalue weighted by Gasteiger charge is 2.05. The third-order valence-corrected chi connectivity index (χ3v) is 1.15. The molecule has 0 aromatic heterocycles. The van der Waals surface area contributed by atoms with E-state index in [1.165, 1.54) is 0 Å².